The Morgan fingerprint density at radius 1 is 1.57 bits per heavy atom. The molecular weight excluding hydrogens is 183 g/mol. The van der Waals surface area contributed by atoms with Crippen LogP contribution in [-0.4, -0.2) is 11.1 Å². The fraction of sp³-hybridized carbons (Fsp3) is 0.300. The summed E-state index contributed by atoms with van der Waals surface area (Å²) in [7, 11) is 0. The fourth-order valence-corrected chi connectivity index (χ4v) is 1.12. The van der Waals surface area contributed by atoms with Crippen molar-refractivity contribution in [2.24, 2.45) is 5.73 Å². The van der Waals surface area contributed by atoms with Gasteiger partial charge in [0, 0.05) is 6.04 Å². The maximum absolute atomic E-state index is 12.9. The molecule has 0 saturated carbocycles. The first-order valence-electron chi connectivity index (χ1n) is 4.19. The lowest BCUT2D eigenvalue weighted by atomic mass is 10.0. The Hall–Kier alpha value is -1.44. The molecule has 0 aliphatic rings. The van der Waals surface area contributed by atoms with E-state index in [9.17, 15) is 9.50 Å². The molecule has 74 valence electrons. The van der Waals surface area contributed by atoms with Crippen molar-refractivity contribution in [3.05, 3.63) is 35.1 Å². The van der Waals surface area contributed by atoms with Gasteiger partial charge >= 0.3 is 0 Å². The summed E-state index contributed by atoms with van der Waals surface area (Å²) in [5.41, 5.74) is 5.85. The Morgan fingerprint density at radius 3 is 2.71 bits per heavy atom. The van der Waals surface area contributed by atoms with Gasteiger partial charge in [0.05, 0.1) is 11.7 Å². The van der Waals surface area contributed by atoms with E-state index in [1.807, 2.05) is 0 Å². The van der Waals surface area contributed by atoms with Gasteiger partial charge in [0.2, 0.25) is 0 Å². The van der Waals surface area contributed by atoms with Gasteiger partial charge in [-0.05, 0) is 24.6 Å². The fourth-order valence-electron chi connectivity index (χ4n) is 1.12. The van der Waals surface area contributed by atoms with Gasteiger partial charge in [0.15, 0.2) is 0 Å². The Kier molecular flexibility index (Phi) is 3.18. The molecule has 0 aromatic heterocycles. The predicted molar refractivity (Wildman–Crippen MR) is 49.7 cm³/mol. The maximum atomic E-state index is 12.9. The predicted octanol–water partition coefficient (Wildman–Crippen LogP) is 1.08. The first kappa shape index (κ1) is 10.6. The number of nitriles is 1. The zero-order valence-electron chi connectivity index (χ0n) is 7.74. The third kappa shape index (κ3) is 2.08. The van der Waals surface area contributed by atoms with Crippen LogP contribution in [0, 0.1) is 17.1 Å². The molecular formula is C10H11FN2O. The molecule has 3 nitrogen and oxygen atoms in total. The molecule has 0 aliphatic carbocycles. The largest absolute Gasteiger partial charge is 0.387 e. The first-order chi connectivity index (χ1) is 6.56. The van der Waals surface area contributed by atoms with Crippen LogP contribution in [0.2, 0.25) is 0 Å². The summed E-state index contributed by atoms with van der Waals surface area (Å²) in [6, 6.07) is 5.13. The Labute approximate surface area is 81.6 Å². The van der Waals surface area contributed by atoms with E-state index < -0.39 is 18.0 Å². The minimum absolute atomic E-state index is 0.0813. The minimum atomic E-state index is -0.873. The molecule has 1 aromatic carbocycles. The van der Waals surface area contributed by atoms with Gasteiger partial charge in [-0.1, -0.05) is 6.07 Å². The molecule has 1 aromatic rings. The number of rotatable bonds is 2. The van der Waals surface area contributed by atoms with Crippen molar-refractivity contribution < 1.29 is 9.50 Å². The maximum Gasteiger partial charge on any atom is 0.140 e. The zero-order valence-corrected chi connectivity index (χ0v) is 7.74. The number of aliphatic hydroxyl groups is 1. The molecule has 0 fully saturated rings. The number of hydrogen-bond acceptors (Lipinski definition) is 3. The van der Waals surface area contributed by atoms with Crippen LogP contribution in [-0.2, 0) is 0 Å². The average Bonchev–Trinajstić information content (AvgIpc) is 2.17. The van der Waals surface area contributed by atoms with Crippen molar-refractivity contribution in [1.82, 2.24) is 0 Å². The van der Waals surface area contributed by atoms with Gasteiger partial charge in [-0.2, -0.15) is 5.26 Å². The van der Waals surface area contributed by atoms with E-state index in [1.54, 1.807) is 13.0 Å². The van der Waals surface area contributed by atoms with Crippen LogP contribution in [0.3, 0.4) is 0 Å². The van der Waals surface area contributed by atoms with E-state index in [2.05, 4.69) is 0 Å². The molecule has 0 saturated heterocycles. The van der Waals surface area contributed by atoms with E-state index in [0.29, 0.717) is 5.56 Å². The van der Waals surface area contributed by atoms with E-state index in [-0.39, 0.29) is 5.56 Å². The smallest absolute Gasteiger partial charge is 0.140 e. The molecule has 0 aliphatic heterocycles. The summed E-state index contributed by atoms with van der Waals surface area (Å²) in [6.07, 6.45) is -0.873. The van der Waals surface area contributed by atoms with Crippen LogP contribution in [0.5, 0.6) is 0 Å². The lowest BCUT2D eigenvalue weighted by Crippen LogP contribution is -2.24. The van der Waals surface area contributed by atoms with Gasteiger partial charge < -0.3 is 10.8 Å². The van der Waals surface area contributed by atoms with E-state index >= 15 is 0 Å². The van der Waals surface area contributed by atoms with Crippen LogP contribution >= 0.6 is 0 Å². The number of halogens is 1. The summed E-state index contributed by atoms with van der Waals surface area (Å²) >= 11 is 0. The van der Waals surface area contributed by atoms with Crippen molar-refractivity contribution in [2.45, 2.75) is 19.1 Å². The lowest BCUT2D eigenvalue weighted by Gasteiger charge is -2.14. The highest BCUT2D eigenvalue weighted by molar-refractivity contribution is 5.35. The van der Waals surface area contributed by atoms with Crippen molar-refractivity contribution in [3.63, 3.8) is 0 Å². The topological polar surface area (TPSA) is 70.0 Å². The summed E-state index contributed by atoms with van der Waals surface area (Å²) < 4.78 is 12.9. The van der Waals surface area contributed by atoms with Crippen LogP contribution in [0.4, 0.5) is 4.39 Å². The molecule has 4 heteroatoms. The van der Waals surface area contributed by atoms with Gasteiger partial charge in [0.1, 0.15) is 11.9 Å². The van der Waals surface area contributed by atoms with Gasteiger partial charge in [-0.25, -0.2) is 4.39 Å². The van der Waals surface area contributed by atoms with Gasteiger partial charge in [-0.15, -0.1) is 0 Å². The van der Waals surface area contributed by atoms with Crippen molar-refractivity contribution in [1.29, 1.82) is 5.26 Å². The monoisotopic (exact) mass is 194 g/mol. The molecule has 2 unspecified atom stereocenters. The van der Waals surface area contributed by atoms with Crippen molar-refractivity contribution in [2.75, 3.05) is 0 Å². The van der Waals surface area contributed by atoms with Gasteiger partial charge in [-0.3, -0.25) is 0 Å². The third-order valence-corrected chi connectivity index (χ3v) is 1.95. The molecule has 1 rings (SSSR count). The van der Waals surface area contributed by atoms with Crippen LogP contribution in [0.15, 0.2) is 18.2 Å². The van der Waals surface area contributed by atoms with Crippen LogP contribution in [0.25, 0.3) is 0 Å². The zero-order chi connectivity index (χ0) is 10.7. The van der Waals surface area contributed by atoms with E-state index in [4.69, 9.17) is 11.0 Å². The number of nitrogens with zero attached hydrogens (tertiary/aromatic N) is 1. The second-order valence-electron chi connectivity index (χ2n) is 3.16. The standard InChI is InChI=1S/C10H11FN2O/c1-6(13)10(14)7-2-3-9(11)8(4-7)5-12/h2-4,6,10,14H,13H2,1H3. The number of hydrogen-bond donors (Lipinski definition) is 2. The highest BCUT2D eigenvalue weighted by Crippen LogP contribution is 2.18. The SMILES string of the molecule is CC(N)C(O)c1ccc(F)c(C#N)c1. The lowest BCUT2D eigenvalue weighted by molar-refractivity contribution is 0.153. The summed E-state index contributed by atoms with van der Waals surface area (Å²) in [5, 5.41) is 18.1. The average molecular weight is 194 g/mol. The Bertz CT molecular complexity index is 371. The minimum Gasteiger partial charge on any atom is -0.387 e. The highest BCUT2D eigenvalue weighted by atomic mass is 19.1. The van der Waals surface area contributed by atoms with Crippen molar-refractivity contribution >= 4 is 0 Å². The van der Waals surface area contributed by atoms with Gasteiger partial charge in [0.25, 0.3) is 0 Å². The number of nitrogens with two attached hydrogens (primary N) is 1. The van der Waals surface area contributed by atoms with Crippen LogP contribution in [0.1, 0.15) is 24.2 Å². The van der Waals surface area contributed by atoms with E-state index in [1.165, 1.54) is 12.1 Å². The van der Waals surface area contributed by atoms with Crippen molar-refractivity contribution in [3.8, 4) is 6.07 Å². The molecule has 0 spiro atoms. The summed E-state index contributed by atoms with van der Waals surface area (Å²) in [5.74, 6) is -0.590. The molecule has 0 bridgehead atoms. The number of aliphatic hydroxyl groups excluding tert-OH is 1. The Morgan fingerprint density at radius 2 is 2.21 bits per heavy atom. The summed E-state index contributed by atoms with van der Waals surface area (Å²) in [4.78, 5) is 0. The molecule has 0 heterocycles. The summed E-state index contributed by atoms with van der Waals surface area (Å²) in [6.45, 7) is 1.64. The third-order valence-electron chi connectivity index (χ3n) is 1.95. The van der Waals surface area contributed by atoms with Crippen LogP contribution < -0.4 is 5.73 Å². The molecule has 3 N–H and O–H groups in total. The molecule has 2 atom stereocenters. The molecule has 14 heavy (non-hydrogen) atoms. The van der Waals surface area contributed by atoms with E-state index in [0.717, 1.165) is 6.07 Å². The molecule has 0 amide bonds. The second kappa shape index (κ2) is 4.18. The second-order valence-corrected chi connectivity index (χ2v) is 3.16. The highest BCUT2D eigenvalue weighted by Gasteiger charge is 2.14. The molecule has 0 radical (unpaired) electrons. The Balaban J connectivity index is 3.08. The number of benzene rings is 1. The quantitative estimate of drug-likeness (QED) is 0.740. The normalized spacial score (nSPS) is 14.5. The first-order valence-corrected chi connectivity index (χ1v) is 4.19.